The van der Waals surface area contributed by atoms with Gasteiger partial charge in [0.05, 0.1) is 44.5 Å². The Hall–Kier alpha value is -3.80. The van der Waals surface area contributed by atoms with Crippen molar-refractivity contribution in [2.45, 2.75) is 13.0 Å². The van der Waals surface area contributed by atoms with Crippen LogP contribution in [-0.2, 0) is 4.79 Å². The third kappa shape index (κ3) is 4.64. The molecule has 1 amide bonds. The predicted molar refractivity (Wildman–Crippen MR) is 149 cm³/mol. The summed E-state index contributed by atoms with van der Waals surface area (Å²) in [6.07, 6.45) is 2.70. The van der Waals surface area contributed by atoms with Crippen molar-refractivity contribution in [1.82, 2.24) is 30.0 Å². The quantitative estimate of drug-likeness (QED) is 0.274. The van der Waals surface area contributed by atoms with Crippen molar-refractivity contribution in [2.75, 3.05) is 33.8 Å². The fraction of sp³-hybridized carbons (Fsp3) is 0.259. The first kappa shape index (κ1) is 24.5. The lowest BCUT2D eigenvalue weighted by Gasteiger charge is -2.37. The smallest absolute Gasteiger partial charge is 0.238 e. The number of amides is 1. The molecule has 1 unspecified atom stereocenters. The van der Waals surface area contributed by atoms with Crippen LogP contribution in [0, 0.1) is 6.92 Å². The minimum absolute atomic E-state index is 0.0171. The molecule has 0 aliphatic carbocycles. The molecule has 1 aliphatic rings. The van der Waals surface area contributed by atoms with Gasteiger partial charge in [0, 0.05) is 38.0 Å². The maximum Gasteiger partial charge on any atom is 0.238 e. The Morgan fingerprint density at radius 2 is 1.97 bits per heavy atom. The lowest BCUT2D eigenvalue weighted by Crippen LogP contribution is -2.45. The molecule has 38 heavy (non-hydrogen) atoms. The number of fused-ring (bicyclic) bond motifs is 1. The fourth-order valence-corrected chi connectivity index (χ4v) is 6.89. The van der Waals surface area contributed by atoms with Gasteiger partial charge in [-0.25, -0.2) is 4.98 Å². The van der Waals surface area contributed by atoms with Gasteiger partial charge >= 0.3 is 0 Å². The number of H-pyrrole nitrogens is 1. The Morgan fingerprint density at radius 1 is 1.13 bits per heavy atom. The van der Waals surface area contributed by atoms with E-state index in [0.29, 0.717) is 11.6 Å². The number of benzene rings is 1. The van der Waals surface area contributed by atoms with Gasteiger partial charge in [-0.05, 0) is 49.9 Å². The number of ether oxygens (including phenoxy) is 2. The van der Waals surface area contributed by atoms with Gasteiger partial charge in [0.25, 0.3) is 0 Å². The molecule has 1 fully saturated rings. The molecule has 1 saturated heterocycles. The molecule has 0 spiro atoms. The largest absolute Gasteiger partial charge is 0.497 e. The van der Waals surface area contributed by atoms with Crippen molar-refractivity contribution in [2.24, 2.45) is 0 Å². The van der Waals surface area contributed by atoms with Gasteiger partial charge in [0.15, 0.2) is 0 Å². The van der Waals surface area contributed by atoms with Crippen LogP contribution in [0.4, 0.5) is 0 Å². The zero-order chi connectivity index (χ0) is 26.2. The summed E-state index contributed by atoms with van der Waals surface area (Å²) >= 11 is 3.24. The number of aromatic amines is 1. The Bertz CT molecular complexity index is 1590. The number of thiazole rings is 1. The molecule has 0 radical (unpaired) electrons. The van der Waals surface area contributed by atoms with Crippen LogP contribution in [-0.4, -0.2) is 70.2 Å². The first-order valence-corrected chi connectivity index (χ1v) is 13.8. The molecular weight excluding hydrogens is 520 g/mol. The minimum atomic E-state index is 0.0171. The minimum Gasteiger partial charge on any atom is -0.497 e. The molecule has 1 N–H and O–H groups in total. The molecule has 9 nitrogen and oxygen atoms in total. The number of thiophene rings is 1. The van der Waals surface area contributed by atoms with Crippen molar-refractivity contribution in [3.05, 3.63) is 59.2 Å². The SMILES string of the molecule is COc1ccc(-c2cc(Oc3ccnc4cc(-c5nc(C)c(C6CN(C)CCN6C=O)s5)sc34)n[nH]2)cc1. The van der Waals surface area contributed by atoms with Crippen LogP contribution in [0.3, 0.4) is 0 Å². The molecule has 194 valence electrons. The van der Waals surface area contributed by atoms with Gasteiger partial charge in [-0.1, -0.05) is 0 Å². The van der Waals surface area contributed by atoms with E-state index in [9.17, 15) is 4.79 Å². The summed E-state index contributed by atoms with van der Waals surface area (Å²) in [5, 5.41) is 8.31. The highest BCUT2D eigenvalue weighted by Gasteiger charge is 2.29. The van der Waals surface area contributed by atoms with Gasteiger partial charge in [0.2, 0.25) is 12.3 Å². The van der Waals surface area contributed by atoms with Crippen LogP contribution in [0.1, 0.15) is 16.6 Å². The van der Waals surface area contributed by atoms with Crippen molar-refractivity contribution < 1.29 is 14.3 Å². The summed E-state index contributed by atoms with van der Waals surface area (Å²) in [6.45, 7) is 4.42. The molecule has 0 bridgehead atoms. The van der Waals surface area contributed by atoms with Crippen molar-refractivity contribution in [3.63, 3.8) is 0 Å². The number of nitrogens with zero attached hydrogens (tertiary/aromatic N) is 5. The van der Waals surface area contributed by atoms with Gasteiger partial charge in [-0.3, -0.25) is 14.9 Å². The summed E-state index contributed by atoms with van der Waals surface area (Å²) < 4.78 is 12.4. The maximum atomic E-state index is 11.7. The third-order valence-electron chi connectivity index (χ3n) is 6.65. The van der Waals surface area contributed by atoms with Gasteiger partial charge < -0.3 is 19.3 Å². The number of aryl methyl sites for hydroxylation is 1. The van der Waals surface area contributed by atoms with Gasteiger partial charge in [-0.2, -0.15) is 0 Å². The highest BCUT2D eigenvalue weighted by Crippen LogP contribution is 2.42. The number of carbonyl (C=O) groups excluding carboxylic acids is 1. The second-order valence-corrected chi connectivity index (χ2v) is 11.3. The summed E-state index contributed by atoms with van der Waals surface area (Å²) in [6, 6.07) is 13.5. The van der Waals surface area contributed by atoms with E-state index in [2.05, 4.69) is 27.1 Å². The number of aromatic nitrogens is 4. The summed E-state index contributed by atoms with van der Waals surface area (Å²) in [4.78, 5) is 27.4. The average molecular weight is 547 g/mol. The summed E-state index contributed by atoms with van der Waals surface area (Å²) in [5.74, 6) is 1.96. The number of hydrogen-bond acceptors (Lipinski definition) is 9. The van der Waals surface area contributed by atoms with Crippen LogP contribution in [0.5, 0.6) is 17.4 Å². The summed E-state index contributed by atoms with van der Waals surface area (Å²) in [7, 11) is 3.73. The Labute approximate surface area is 227 Å². The molecule has 5 heterocycles. The van der Waals surface area contributed by atoms with E-state index in [1.54, 1.807) is 36.0 Å². The molecule has 11 heteroatoms. The predicted octanol–water partition coefficient (Wildman–Crippen LogP) is 5.36. The van der Waals surface area contributed by atoms with Gasteiger partial charge in [-0.15, -0.1) is 27.8 Å². The number of hydrogen-bond donors (Lipinski definition) is 1. The van der Waals surface area contributed by atoms with Crippen LogP contribution >= 0.6 is 22.7 Å². The molecule has 0 saturated carbocycles. The zero-order valence-corrected chi connectivity index (χ0v) is 22.8. The topological polar surface area (TPSA) is 96.5 Å². The molecule has 6 rings (SSSR count). The summed E-state index contributed by atoms with van der Waals surface area (Å²) in [5.41, 5.74) is 3.64. The Kier molecular flexibility index (Phi) is 6.56. The molecule has 1 aromatic carbocycles. The second-order valence-electron chi connectivity index (χ2n) is 9.17. The molecule has 1 aliphatic heterocycles. The third-order valence-corrected chi connectivity index (χ3v) is 9.22. The van der Waals surface area contributed by atoms with Crippen molar-refractivity contribution in [3.8, 4) is 38.5 Å². The lowest BCUT2D eigenvalue weighted by atomic mass is 10.1. The van der Waals surface area contributed by atoms with E-state index in [0.717, 1.165) is 73.7 Å². The van der Waals surface area contributed by atoms with Crippen molar-refractivity contribution in [1.29, 1.82) is 0 Å². The number of pyridine rings is 1. The van der Waals surface area contributed by atoms with E-state index < -0.39 is 0 Å². The molecule has 4 aromatic heterocycles. The van der Waals surface area contributed by atoms with Crippen LogP contribution < -0.4 is 9.47 Å². The normalized spacial score (nSPS) is 16.2. The van der Waals surface area contributed by atoms with Crippen LogP contribution in [0.15, 0.2) is 48.7 Å². The highest BCUT2D eigenvalue weighted by atomic mass is 32.1. The molecular formula is C27H26N6O3S2. The monoisotopic (exact) mass is 546 g/mol. The molecule has 5 aromatic rings. The molecule has 1 atom stereocenters. The van der Waals surface area contributed by atoms with E-state index >= 15 is 0 Å². The first-order chi connectivity index (χ1) is 18.5. The van der Waals surface area contributed by atoms with Crippen LogP contribution in [0.2, 0.25) is 0 Å². The van der Waals surface area contributed by atoms with E-state index in [4.69, 9.17) is 14.5 Å². The Morgan fingerprint density at radius 3 is 2.76 bits per heavy atom. The van der Waals surface area contributed by atoms with Crippen LogP contribution in [0.25, 0.3) is 31.4 Å². The number of likely N-dealkylation sites (N-methyl/N-ethyl adjacent to an activating group) is 1. The maximum absolute atomic E-state index is 11.7. The number of piperazine rings is 1. The van der Waals surface area contributed by atoms with Crippen molar-refractivity contribution >= 4 is 39.3 Å². The van der Waals surface area contributed by atoms with E-state index in [1.807, 2.05) is 54.3 Å². The van der Waals surface area contributed by atoms with E-state index in [1.165, 1.54) is 0 Å². The van der Waals surface area contributed by atoms with Gasteiger partial charge in [0.1, 0.15) is 16.5 Å². The average Bonchev–Trinajstić information content (AvgIpc) is 3.67. The standard InChI is InChI=1S/C27H26N6O3S2/c1-16-25(21-14-32(2)10-11-33(21)15-34)38-27(29-16)23-12-20-26(37-23)22(8-9-28-20)36-24-13-19(30-31-24)17-4-6-18(35-3)7-5-17/h4-9,12-13,15,21H,10-11,14H2,1-3H3,(H,30,31). The fourth-order valence-electron chi connectivity index (χ4n) is 4.60. The lowest BCUT2D eigenvalue weighted by molar-refractivity contribution is -0.122. The second kappa shape index (κ2) is 10.2. The zero-order valence-electron chi connectivity index (χ0n) is 21.2. The first-order valence-electron chi connectivity index (χ1n) is 12.2. The highest BCUT2D eigenvalue weighted by molar-refractivity contribution is 7.26. The van der Waals surface area contributed by atoms with E-state index in [-0.39, 0.29) is 6.04 Å². The number of carbonyl (C=O) groups is 1. The number of nitrogens with one attached hydrogen (secondary N) is 1. The number of rotatable bonds is 7. The Balaban J connectivity index is 1.27. The number of methoxy groups -OCH3 is 1.